The maximum absolute atomic E-state index is 11.9. The number of nitrogens with one attached hydrogen (secondary N) is 2. The number of carbonyl (C=O) groups is 1. The Hall–Kier alpha value is -0.810. The average Bonchev–Trinajstić information content (AvgIpc) is 2.68. The summed E-state index contributed by atoms with van der Waals surface area (Å²) in [5, 5.41) is 2.98. The summed E-state index contributed by atoms with van der Waals surface area (Å²) in [5.41, 5.74) is 6.55. The van der Waals surface area contributed by atoms with Gasteiger partial charge in [-0.1, -0.05) is 12.8 Å². The van der Waals surface area contributed by atoms with Crippen molar-refractivity contribution in [3.63, 3.8) is 0 Å². The van der Waals surface area contributed by atoms with Crippen LogP contribution in [-0.4, -0.2) is 23.0 Å². The molecule has 5 heteroatoms. The van der Waals surface area contributed by atoms with Crippen molar-refractivity contribution in [3.8, 4) is 0 Å². The highest BCUT2D eigenvalue weighted by Crippen LogP contribution is 2.17. The lowest BCUT2D eigenvalue weighted by molar-refractivity contribution is 0.0917. The second-order valence-electron chi connectivity index (χ2n) is 4.26. The molecule has 0 radical (unpaired) electrons. The van der Waals surface area contributed by atoms with E-state index in [2.05, 4.69) is 26.2 Å². The van der Waals surface area contributed by atoms with E-state index in [4.69, 9.17) is 5.73 Å². The van der Waals surface area contributed by atoms with Gasteiger partial charge in [0.15, 0.2) is 0 Å². The Bertz CT molecular complexity index is 377. The number of halogens is 1. The fraction of sp³-hybridized carbons (Fsp3) is 0.545. The first-order valence-corrected chi connectivity index (χ1v) is 6.36. The van der Waals surface area contributed by atoms with Crippen LogP contribution in [0.25, 0.3) is 0 Å². The molecule has 1 aliphatic rings. The van der Waals surface area contributed by atoms with Crippen molar-refractivity contribution in [1.29, 1.82) is 0 Å². The molecule has 1 aromatic rings. The number of aromatic amines is 1. The normalized spacial score (nSPS) is 25.4. The second kappa shape index (κ2) is 5.01. The minimum Gasteiger partial charge on any atom is -0.356 e. The number of hydrogen-bond acceptors (Lipinski definition) is 2. The van der Waals surface area contributed by atoms with E-state index >= 15 is 0 Å². The van der Waals surface area contributed by atoms with Crippen LogP contribution in [0.4, 0.5) is 0 Å². The lowest BCUT2D eigenvalue weighted by Crippen LogP contribution is -2.49. The first-order valence-electron chi connectivity index (χ1n) is 5.57. The summed E-state index contributed by atoms with van der Waals surface area (Å²) in [7, 11) is 0. The molecule has 1 heterocycles. The van der Waals surface area contributed by atoms with Gasteiger partial charge in [0.1, 0.15) is 5.69 Å². The van der Waals surface area contributed by atoms with Crippen molar-refractivity contribution in [3.05, 3.63) is 22.4 Å². The predicted octanol–water partition coefficient (Wildman–Crippen LogP) is 1.78. The van der Waals surface area contributed by atoms with Gasteiger partial charge in [-0.25, -0.2) is 0 Å². The molecule has 0 unspecified atom stereocenters. The van der Waals surface area contributed by atoms with E-state index in [1.54, 1.807) is 12.3 Å². The molecule has 0 aliphatic heterocycles. The first kappa shape index (κ1) is 11.7. The molecule has 2 atom stereocenters. The van der Waals surface area contributed by atoms with E-state index in [9.17, 15) is 4.79 Å². The highest BCUT2D eigenvalue weighted by Gasteiger charge is 2.23. The van der Waals surface area contributed by atoms with Crippen molar-refractivity contribution < 1.29 is 4.79 Å². The van der Waals surface area contributed by atoms with E-state index in [-0.39, 0.29) is 18.0 Å². The maximum Gasteiger partial charge on any atom is 0.268 e. The predicted molar refractivity (Wildman–Crippen MR) is 66.2 cm³/mol. The van der Waals surface area contributed by atoms with Gasteiger partial charge in [0.05, 0.1) is 0 Å². The molecule has 1 amide bonds. The third-order valence-corrected chi connectivity index (χ3v) is 3.49. The smallest absolute Gasteiger partial charge is 0.268 e. The number of amides is 1. The van der Waals surface area contributed by atoms with E-state index in [0.29, 0.717) is 5.69 Å². The van der Waals surface area contributed by atoms with Gasteiger partial charge in [-0.2, -0.15) is 0 Å². The monoisotopic (exact) mass is 285 g/mol. The number of nitrogens with two attached hydrogens (primary N) is 1. The Kier molecular flexibility index (Phi) is 3.66. The number of H-pyrrole nitrogens is 1. The van der Waals surface area contributed by atoms with Crippen LogP contribution in [0, 0.1) is 0 Å². The molecule has 4 N–H and O–H groups in total. The molecule has 88 valence electrons. The summed E-state index contributed by atoms with van der Waals surface area (Å²) < 4.78 is 0.880. The topological polar surface area (TPSA) is 70.9 Å². The molecule has 0 spiro atoms. The van der Waals surface area contributed by atoms with Gasteiger partial charge < -0.3 is 16.0 Å². The van der Waals surface area contributed by atoms with Gasteiger partial charge in [-0.15, -0.1) is 0 Å². The molecular formula is C11H16BrN3O. The third-order valence-electron chi connectivity index (χ3n) is 3.03. The number of carbonyl (C=O) groups excluding carboxylic acids is 1. The van der Waals surface area contributed by atoms with Crippen LogP contribution in [0.15, 0.2) is 16.7 Å². The van der Waals surface area contributed by atoms with E-state index < -0.39 is 0 Å². The van der Waals surface area contributed by atoms with E-state index in [0.717, 1.165) is 23.7 Å². The number of hydrogen-bond donors (Lipinski definition) is 3. The third kappa shape index (κ3) is 2.65. The lowest BCUT2D eigenvalue weighted by atomic mass is 9.91. The molecule has 4 nitrogen and oxygen atoms in total. The molecule has 1 aliphatic carbocycles. The summed E-state index contributed by atoms with van der Waals surface area (Å²) in [6.07, 6.45) is 6.04. The highest BCUT2D eigenvalue weighted by atomic mass is 79.9. The van der Waals surface area contributed by atoms with Crippen molar-refractivity contribution >= 4 is 21.8 Å². The molecule has 0 aromatic carbocycles. The quantitative estimate of drug-likeness (QED) is 0.775. The van der Waals surface area contributed by atoms with Gasteiger partial charge in [0.2, 0.25) is 0 Å². The number of aromatic nitrogens is 1. The Balaban J connectivity index is 1.96. The van der Waals surface area contributed by atoms with Gasteiger partial charge in [-0.3, -0.25) is 4.79 Å². The molecule has 0 bridgehead atoms. The van der Waals surface area contributed by atoms with Crippen LogP contribution in [0.3, 0.4) is 0 Å². The van der Waals surface area contributed by atoms with Crippen molar-refractivity contribution in [1.82, 2.24) is 10.3 Å². The summed E-state index contributed by atoms with van der Waals surface area (Å²) in [4.78, 5) is 14.8. The molecule has 1 saturated carbocycles. The molecule has 0 saturated heterocycles. The van der Waals surface area contributed by atoms with Crippen LogP contribution in [-0.2, 0) is 0 Å². The zero-order valence-corrected chi connectivity index (χ0v) is 10.6. The summed E-state index contributed by atoms with van der Waals surface area (Å²) >= 11 is 3.30. The summed E-state index contributed by atoms with van der Waals surface area (Å²) in [6.45, 7) is 0. The molecule has 1 aromatic heterocycles. The Morgan fingerprint density at radius 2 is 2.25 bits per heavy atom. The largest absolute Gasteiger partial charge is 0.356 e. The SMILES string of the molecule is N[C@@H]1CCCC[C@H]1NC(=O)c1cc(Br)c[nH]1. The van der Waals surface area contributed by atoms with E-state index in [1.807, 2.05) is 0 Å². The molecular weight excluding hydrogens is 270 g/mol. The van der Waals surface area contributed by atoms with Gasteiger partial charge in [0.25, 0.3) is 5.91 Å². The Labute approximate surface area is 103 Å². The van der Waals surface area contributed by atoms with Crippen LogP contribution in [0.2, 0.25) is 0 Å². The highest BCUT2D eigenvalue weighted by molar-refractivity contribution is 9.10. The molecule has 1 fully saturated rings. The fourth-order valence-electron chi connectivity index (χ4n) is 2.08. The van der Waals surface area contributed by atoms with Crippen molar-refractivity contribution in [2.24, 2.45) is 5.73 Å². The fourth-order valence-corrected chi connectivity index (χ4v) is 2.43. The van der Waals surface area contributed by atoms with Crippen molar-refractivity contribution in [2.45, 2.75) is 37.8 Å². The average molecular weight is 286 g/mol. The summed E-state index contributed by atoms with van der Waals surface area (Å²) in [5.74, 6) is -0.0759. The standard InChI is InChI=1S/C11H16BrN3O/c12-7-5-10(14-6-7)11(16)15-9-4-2-1-3-8(9)13/h5-6,8-9,14H,1-4,13H2,(H,15,16)/t8-,9-/m1/s1. The van der Waals surface area contributed by atoms with Crippen LogP contribution >= 0.6 is 15.9 Å². The minimum absolute atomic E-state index is 0.0759. The van der Waals surface area contributed by atoms with Crippen LogP contribution in [0.1, 0.15) is 36.2 Å². The van der Waals surface area contributed by atoms with Crippen LogP contribution < -0.4 is 11.1 Å². The van der Waals surface area contributed by atoms with Gasteiger partial charge >= 0.3 is 0 Å². The van der Waals surface area contributed by atoms with Crippen LogP contribution in [0.5, 0.6) is 0 Å². The Morgan fingerprint density at radius 3 is 2.88 bits per heavy atom. The van der Waals surface area contributed by atoms with Gasteiger partial charge in [-0.05, 0) is 34.8 Å². The second-order valence-corrected chi connectivity index (χ2v) is 5.18. The Morgan fingerprint density at radius 1 is 1.50 bits per heavy atom. The van der Waals surface area contributed by atoms with E-state index in [1.165, 1.54) is 6.42 Å². The van der Waals surface area contributed by atoms with Crippen molar-refractivity contribution in [2.75, 3.05) is 0 Å². The zero-order valence-electron chi connectivity index (χ0n) is 9.00. The lowest BCUT2D eigenvalue weighted by Gasteiger charge is -2.29. The number of rotatable bonds is 2. The maximum atomic E-state index is 11.9. The van der Waals surface area contributed by atoms with Gasteiger partial charge in [0, 0.05) is 22.8 Å². The minimum atomic E-state index is -0.0759. The first-order chi connectivity index (χ1) is 7.66. The zero-order chi connectivity index (χ0) is 11.5. The molecule has 2 rings (SSSR count). The molecule has 16 heavy (non-hydrogen) atoms. The summed E-state index contributed by atoms with van der Waals surface area (Å²) in [6, 6.07) is 1.98.